The number of rotatable bonds is 6. The van der Waals surface area contributed by atoms with Crippen molar-refractivity contribution in [2.24, 2.45) is 5.92 Å². The molecule has 7 nitrogen and oxygen atoms in total. The van der Waals surface area contributed by atoms with Gasteiger partial charge in [0.15, 0.2) is 0 Å². The van der Waals surface area contributed by atoms with Crippen LogP contribution in [0.25, 0.3) is 0 Å². The van der Waals surface area contributed by atoms with Gasteiger partial charge in [0, 0.05) is 38.3 Å². The molecule has 0 saturated carbocycles. The highest BCUT2D eigenvalue weighted by Gasteiger charge is 2.45. The minimum absolute atomic E-state index is 0.0960. The Morgan fingerprint density at radius 1 is 1.00 bits per heavy atom. The number of amides is 2. The largest absolute Gasteiger partial charge is 0.357 e. The summed E-state index contributed by atoms with van der Waals surface area (Å²) >= 11 is 0. The zero-order valence-corrected chi connectivity index (χ0v) is 23.0. The highest BCUT2D eigenvalue weighted by atomic mass is 19.1. The quantitative estimate of drug-likeness (QED) is 0.467. The number of benzene rings is 2. The molecule has 2 saturated heterocycles. The fourth-order valence-corrected chi connectivity index (χ4v) is 5.97. The molecular weight excluding hydrogens is 524 g/mol. The average molecular weight is 558 g/mol. The molecule has 0 aliphatic carbocycles. The SMILES string of the molecule is C[C@H](NC(=O)C1(c2ccc(F)cc2)CCN(C(=O)C2CCN(c3ccc(C#N)cn3)CC2)CC1)c1cccc(F)c1. The molecule has 2 fully saturated rings. The lowest BCUT2D eigenvalue weighted by Crippen LogP contribution is -2.54. The smallest absolute Gasteiger partial charge is 0.231 e. The summed E-state index contributed by atoms with van der Waals surface area (Å²) in [7, 11) is 0. The summed E-state index contributed by atoms with van der Waals surface area (Å²) in [5.41, 5.74) is 0.940. The van der Waals surface area contributed by atoms with Gasteiger partial charge < -0.3 is 15.1 Å². The van der Waals surface area contributed by atoms with Gasteiger partial charge in [-0.25, -0.2) is 13.8 Å². The summed E-state index contributed by atoms with van der Waals surface area (Å²) in [5, 5.41) is 12.0. The molecule has 3 heterocycles. The number of hydrogen-bond acceptors (Lipinski definition) is 5. The maximum Gasteiger partial charge on any atom is 0.231 e. The monoisotopic (exact) mass is 557 g/mol. The van der Waals surface area contributed by atoms with E-state index < -0.39 is 11.5 Å². The standard InChI is InChI=1S/C32H33F2N5O2/c1-22(25-3-2-4-28(34)19-25)37-31(41)32(26-6-8-27(33)9-7-26)13-17-39(18-14-32)30(40)24-11-15-38(16-12-24)29-10-5-23(20-35)21-36-29/h2-10,19,21-22,24H,11-18H2,1H3,(H,37,41)/t22-/m0/s1. The Balaban J connectivity index is 1.25. The van der Waals surface area contributed by atoms with Gasteiger partial charge in [0.05, 0.1) is 17.0 Å². The van der Waals surface area contributed by atoms with Gasteiger partial charge in [-0.05, 0) is 80.1 Å². The lowest BCUT2D eigenvalue weighted by molar-refractivity contribution is -0.140. The van der Waals surface area contributed by atoms with E-state index in [-0.39, 0.29) is 29.4 Å². The van der Waals surface area contributed by atoms with E-state index in [1.807, 2.05) is 17.9 Å². The van der Waals surface area contributed by atoms with E-state index in [9.17, 15) is 18.4 Å². The maximum atomic E-state index is 13.8. The Morgan fingerprint density at radius 2 is 1.71 bits per heavy atom. The van der Waals surface area contributed by atoms with Crippen LogP contribution in [0, 0.1) is 28.9 Å². The van der Waals surface area contributed by atoms with Gasteiger partial charge in [-0.2, -0.15) is 5.26 Å². The molecule has 2 aliphatic heterocycles. The summed E-state index contributed by atoms with van der Waals surface area (Å²) in [6.07, 6.45) is 3.76. The number of carbonyl (C=O) groups excluding carboxylic acids is 2. The van der Waals surface area contributed by atoms with Crippen molar-refractivity contribution >= 4 is 17.6 Å². The number of hydrogen-bond donors (Lipinski definition) is 1. The van der Waals surface area contributed by atoms with E-state index in [4.69, 9.17) is 5.26 Å². The lowest BCUT2D eigenvalue weighted by Gasteiger charge is -2.43. The van der Waals surface area contributed by atoms with Crippen LogP contribution in [0.2, 0.25) is 0 Å². The summed E-state index contributed by atoms with van der Waals surface area (Å²) in [6.45, 7) is 4.03. The molecule has 0 bridgehead atoms. The van der Waals surface area contributed by atoms with Crippen molar-refractivity contribution in [1.82, 2.24) is 15.2 Å². The Hall–Kier alpha value is -4.32. The Labute approximate surface area is 238 Å². The van der Waals surface area contributed by atoms with Gasteiger partial charge in [0.1, 0.15) is 23.5 Å². The number of nitrogens with zero attached hydrogens (tertiary/aromatic N) is 4. The van der Waals surface area contributed by atoms with Crippen molar-refractivity contribution in [3.8, 4) is 6.07 Å². The third-order valence-electron chi connectivity index (χ3n) is 8.50. The topological polar surface area (TPSA) is 89.3 Å². The normalized spacial score (nSPS) is 17.9. The predicted octanol–water partition coefficient (Wildman–Crippen LogP) is 4.89. The van der Waals surface area contributed by atoms with Crippen molar-refractivity contribution in [2.45, 2.75) is 44.1 Å². The molecule has 0 spiro atoms. The van der Waals surface area contributed by atoms with Crippen LogP contribution in [0.15, 0.2) is 66.9 Å². The molecule has 2 aliphatic rings. The molecule has 212 valence electrons. The number of carbonyl (C=O) groups is 2. The molecule has 3 aromatic rings. The van der Waals surface area contributed by atoms with Crippen LogP contribution in [-0.4, -0.2) is 47.9 Å². The molecule has 0 radical (unpaired) electrons. The first-order chi connectivity index (χ1) is 19.8. The van der Waals surface area contributed by atoms with Gasteiger partial charge in [0.2, 0.25) is 11.8 Å². The van der Waals surface area contributed by atoms with Crippen LogP contribution in [-0.2, 0) is 15.0 Å². The van der Waals surface area contributed by atoms with Crippen LogP contribution < -0.4 is 10.2 Å². The summed E-state index contributed by atoms with van der Waals surface area (Å²) < 4.78 is 27.6. The van der Waals surface area contributed by atoms with E-state index in [0.29, 0.717) is 68.6 Å². The van der Waals surface area contributed by atoms with Gasteiger partial charge in [-0.3, -0.25) is 9.59 Å². The first kappa shape index (κ1) is 28.2. The number of pyridine rings is 1. The van der Waals surface area contributed by atoms with Gasteiger partial charge in [-0.15, -0.1) is 0 Å². The summed E-state index contributed by atoms with van der Waals surface area (Å²) in [4.78, 5) is 35.7. The van der Waals surface area contributed by atoms with Crippen molar-refractivity contribution in [2.75, 3.05) is 31.1 Å². The second kappa shape index (κ2) is 12.0. The van der Waals surface area contributed by atoms with E-state index in [1.165, 1.54) is 24.3 Å². The molecule has 1 atom stereocenters. The van der Waals surface area contributed by atoms with Crippen LogP contribution in [0.4, 0.5) is 14.6 Å². The molecule has 1 aromatic heterocycles. The average Bonchev–Trinajstić information content (AvgIpc) is 3.01. The molecule has 0 unspecified atom stereocenters. The number of aromatic nitrogens is 1. The van der Waals surface area contributed by atoms with Crippen molar-refractivity contribution in [1.29, 1.82) is 5.26 Å². The third-order valence-corrected chi connectivity index (χ3v) is 8.50. The van der Waals surface area contributed by atoms with E-state index >= 15 is 0 Å². The second-order valence-electron chi connectivity index (χ2n) is 10.9. The van der Waals surface area contributed by atoms with Crippen LogP contribution in [0.3, 0.4) is 0 Å². The zero-order chi connectivity index (χ0) is 29.0. The molecular formula is C32H33F2N5O2. The van der Waals surface area contributed by atoms with Crippen LogP contribution >= 0.6 is 0 Å². The molecule has 5 rings (SSSR count). The fraction of sp³-hybridized carbons (Fsp3) is 0.375. The Morgan fingerprint density at radius 3 is 2.32 bits per heavy atom. The number of piperidine rings is 2. The zero-order valence-electron chi connectivity index (χ0n) is 23.0. The molecule has 2 amide bonds. The van der Waals surface area contributed by atoms with E-state index in [0.717, 1.165) is 5.82 Å². The van der Waals surface area contributed by atoms with Crippen LogP contribution in [0.5, 0.6) is 0 Å². The summed E-state index contributed by atoms with van der Waals surface area (Å²) in [6, 6.07) is 17.4. The third kappa shape index (κ3) is 6.07. The van der Waals surface area contributed by atoms with E-state index in [1.54, 1.807) is 36.5 Å². The first-order valence-electron chi connectivity index (χ1n) is 14.0. The fourth-order valence-electron chi connectivity index (χ4n) is 5.97. The Bertz CT molecular complexity index is 1420. The first-order valence-corrected chi connectivity index (χ1v) is 14.0. The molecule has 9 heteroatoms. The minimum atomic E-state index is -0.934. The highest BCUT2D eigenvalue weighted by Crippen LogP contribution is 2.38. The van der Waals surface area contributed by atoms with Gasteiger partial charge >= 0.3 is 0 Å². The van der Waals surface area contributed by atoms with Crippen LogP contribution in [0.1, 0.15) is 55.3 Å². The van der Waals surface area contributed by atoms with Crippen molar-refractivity contribution in [3.63, 3.8) is 0 Å². The number of anilines is 1. The number of likely N-dealkylation sites (tertiary alicyclic amines) is 1. The van der Waals surface area contributed by atoms with Crippen molar-refractivity contribution < 1.29 is 18.4 Å². The number of halogens is 2. The number of nitriles is 1. The Kier molecular flexibility index (Phi) is 8.29. The maximum absolute atomic E-state index is 13.8. The predicted molar refractivity (Wildman–Crippen MR) is 151 cm³/mol. The van der Waals surface area contributed by atoms with E-state index in [2.05, 4.69) is 21.3 Å². The van der Waals surface area contributed by atoms with Crippen molar-refractivity contribution in [3.05, 3.63) is 95.2 Å². The minimum Gasteiger partial charge on any atom is -0.357 e. The molecule has 2 aromatic carbocycles. The van der Waals surface area contributed by atoms with Gasteiger partial charge in [-0.1, -0.05) is 24.3 Å². The lowest BCUT2D eigenvalue weighted by atomic mass is 9.71. The van der Waals surface area contributed by atoms with Gasteiger partial charge in [0.25, 0.3) is 0 Å². The second-order valence-corrected chi connectivity index (χ2v) is 10.9. The summed E-state index contributed by atoms with van der Waals surface area (Å²) in [5.74, 6) is -0.176. The molecule has 1 N–H and O–H groups in total. The number of nitrogens with one attached hydrogen (secondary N) is 1. The highest BCUT2D eigenvalue weighted by molar-refractivity contribution is 5.89. The molecule has 41 heavy (non-hydrogen) atoms.